The van der Waals surface area contributed by atoms with Gasteiger partial charge in [0.1, 0.15) is 0 Å². The molecule has 5 nitrogen and oxygen atoms in total. The SMILES string of the molecule is CC(C)N1CCOC(CN2CCN(c3nc(-c4ccccc4)cs3)CC2)C1. The molecule has 0 radical (unpaired) electrons. The molecule has 0 spiro atoms. The number of morpholine rings is 1. The summed E-state index contributed by atoms with van der Waals surface area (Å²) in [6, 6.07) is 11.0. The zero-order valence-corrected chi connectivity index (χ0v) is 17.2. The first-order valence-corrected chi connectivity index (χ1v) is 10.9. The van der Waals surface area contributed by atoms with Crippen molar-refractivity contribution in [2.45, 2.75) is 26.0 Å². The third-order valence-electron chi connectivity index (χ3n) is 5.57. The molecule has 27 heavy (non-hydrogen) atoms. The lowest BCUT2D eigenvalue weighted by atomic mass is 10.2. The van der Waals surface area contributed by atoms with Gasteiger partial charge in [-0.25, -0.2) is 4.98 Å². The van der Waals surface area contributed by atoms with Gasteiger partial charge in [0.25, 0.3) is 0 Å². The molecule has 3 heterocycles. The molecule has 1 aromatic heterocycles. The summed E-state index contributed by atoms with van der Waals surface area (Å²) in [5.74, 6) is 0. The smallest absolute Gasteiger partial charge is 0.185 e. The van der Waals surface area contributed by atoms with Crippen molar-refractivity contribution in [3.8, 4) is 11.3 Å². The minimum atomic E-state index is 0.345. The highest BCUT2D eigenvalue weighted by molar-refractivity contribution is 7.14. The fraction of sp³-hybridized carbons (Fsp3) is 0.571. The van der Waals surface area contributed by atoms with Gasteiger partial charge in [-0.05, 0) is 13.8 Å². The molecule has 0 amide bonds. The van der Waals surface area contributed by atoms with E-state index >= 15 is 0 Å². The number of anilines is 1. The van der Waals surface area contributed by atoms with Gasteiger partial charge in [-0.15, -0.1) is 11.3 Å². The van der Waals surface area contributed by atoms with Crippen LogP contribution in [-0.4, -0.2) is 79.3 Å². The van der Waals surface area contributed by atoms with Crippen LogP contribution in [-0.2, 0) is 4.74 Å². The Balaban J connectivity index is 1.29. The number of rotatable bonds is 5. The molecular weight excluding hydrogens is 356 g/mol. The molecule has 2 saturated heterocycles. The van der Waals surface area contributed by atoms with E-state index in [4.69, 9.17) is 9.72 Å². The second-order valence-corrected chi connectivity index (χ2v) is 8.59. The maximum absolute atomic E-state index is 6.02. The summed E-state index contributed by atoms with van der Waals surface area (Å²) < 4.78 is 6.02. The molecule has 0 N–H and O–H groups in total. The Morgan fingerprint density at radius 3 is 2.63 bits per heavy atom. The minimum absolute atomic E-state index is 0.345. The van der Waals surface area contributed by atoms with E-state index in [0.717, 1.165) is 63.2 Å². The second kappa shape index (κ2) is 8.69. The quantitative estimate of drug-likeness (QED) is 0.789. The van der Waals surface area contributed by atoms with Gasteiger partial charge >= 0.3 is 0 Å². The first kappa shape index (κ1) is 18.9. The van der Waals surface area contributed by atoms with E-state index in [-0.39, 0.29) is 0 Å². The van der Waals surface area contributed by atoms with Crippen LogP contribution in [0.2, 0.25) is 0 Å². The summed E-state index contributed by atoms with van der Waals surface area (Å²) >= 11 is 1.76. The average molecular weight is 387 g/mol. The van der Waals surface area contributed by atoms with Crippen molar-refractivity contribution in [2.75, 3.05) is 57.3 Å². The van der Waals surface area contributed by atoms with E-state index < -0.39 is 0 Å². The number of ether oxygens (including phenoxy) is 1. The Bertz CT molecular complexity index is 712. The van der Waals surface area contributed by atoms with Crippen LogP contribution in [0.15, 0.2) is 35.7 Å². The van der Waals surface area contributed by atoms with Gasteiger partial charge in [0.2, 0.25) is 0 Å². The van der Waals surface area contributed by atoms with Gasteiger partial charge in [0, 0.05) is 62.8 Å². The molecule has 6 heteroatoms. The van der Waals surface area contributed by atoms with Crippen LogP contribution in [0.4, 0.5) is 5.13 Å². The van der Waals surface area contributed by atoms with E-state index in [1.807, 2.05) is 6.07 Å². The summed E-state index contributed by atoms with van der Waals surface area (Å²) in [6.07, 6.45) is 0.345. The van der Waals surface area contributed by atoms with Crippen molar-refractivity contribution in [1.82, 2.24) is 14.8 Å². The Kier molecular flexibility index (Phi) is 6.08. The summed E-state index contributed by atoms with van der Waals surface area (Å²) in [6.45, 7) is 12.8. The van der Waals surface area contributed by atoms with Crippen LogP contribution >= 0.6 is 11.3 Å². The highest BCUT2D eigenvalue weighted by Crippen LogP contribution is 2.28. The van der Waals surface area contributed by atoms with Gasteiger partial charge in [0.05, 0.1) is 18.4 Å². The molecule has 1 aromatic carbocycles. The molecule has 2 aliphatic heterocycles. The zero-order chi connectivity index (χ0) is 18.6. The molecule has 2 aromatic rings. The molecule has 0 aliphatic carbocycles. The van der Waals surface area contributed by atoms with Crippen LogP contribution < -0.4 is 4.90 Å². The number of thiazole rings is 1. The van der Waals surface area contributed by atoms with Crippen LogP contribution in [0.1, 0.15) is 13.8 Å². The minimum Gasteiger partial charge on any atom is -0.374 e. The van der Waals surface area contributed by atoms with Crippen LogP contribution in [0.25, 0.3) is 11.3 Å². The molecule has 4 rings (SSSR count). The molecule has 2 fully saturated rings. The standard InChI is InChI=1S/C21H30N4OS/c1-17(2)25-12-13-26-19(15-25)14-23-8-10-24(11-9-23)21-22-20(16-27-21)18-6-4-3-5-7-18/h3-7,16-17,19H,8-15H2,1-2H3. The Morgan fingerprint density at radius 1 is 1.11 bits per heavy atom. The molecule has 146 valence electrons. The second-order valence-electron chi connectivity index (χ2n) is 7.75. The Hall–Kier alpha value is -1.47. The van der Waals surface area contributed by atoms with Crippen LogP contribution in [0, 0.1) is 0 Å². The van der Waals surface area contributed by atoms with E-state index in [1.165, 1.54) is 5.56 Å². The van der Waals surface area contributed by atoms with Gasteiger partial charge in [-0.3, -0.25) is 9.80 Å². The maximum Gasteiger partial charge on any atom is 0.185 e. The lowest BCUT2D eigenvalue weighted by molar-refractivity contribution is -0.0525. The summed E-state index contributed by atoms with van der Waals surface area (Å²) in [4.78, 5) is 12.4. The average Bonchev–Trinajstić information content (AvgIpc) is 3.20. The van der Waals surface area contributed by atoms with E-state index in [2.05, 4.69) is 58.2 Å². The fourth-order valence-electron chi connectivity index (χ4n) is 3.88. The van der Waals surface area contributed by atoms with Crippen molar-refractivity contribution in [1.29, 1.82) is 0 Å². The number of nitrogens with zero attached hydrogens (tertiary/aromatic N) is 4. The first-order chi connectivity index (χ1) is 13.2. The topological polar surface area (TPSA) is 31.8 Å². The molecular formula is C21H30N4OS. The molecule has 1 unspecified atom stereocenters. The van der Waals surface area contributed by atoms with E-state index in [0.29, 0.717) is 12.1 Å². The first-order valence-electron chi connectivity index (χ1n) is 10.0. The van der Waals surface area contributed by atoms with Gasteiger partial charge in [-0.1, -0.05) is 30.3 Å². The van der Waals surface area contributed by atoms with Crippen molar-refractivity contribution in [2.24, 2.45) is 0 Å². The van der Waals surface area contributed by atoms with Crippen molar-refractivity contribution in [3.63, 3.8) is 0 Å². The van der Waals surface area contributed by atoms with Gasteiger partial charge in [-0.2, -0.15) is 0 Å². The third kappa shape index (κ3) is 4.69. The number of benzene rings is 1. The largest absolute Gasteiger partial charge is 0.374 e. The summed E-state index contributed by atoms with van der Waals surface area (Å²) in [7, 11) is 0. The number of aromatic nitrogens is 1. The van der Waals surface area contributed by atoms with Crippen molar-refractivity contribution < 1.29 is 4.74 Å². The van der Waals surface area contributed by atoms with Crippen molar-refractivity contribution >= 4 is 16.5 Å². The normalized spacial score (nSPS) is 22.5. The third-order valence-corrected chi connectivity index (χ3v) is 6.47. The highest BCUT2D eigenvalue weighted by atomic mass is 32.1. The number of piperazine rings is 1. The maximum atomic E-state index is 6.02. The monoisotopic (exact) mass is 386 g/mol. The molecule has 0 saturated carbocycles. The number of hydrogen-bond donors (Lipinski definition) is 0. The van der Waals surface area contributed by atoms with E-state index in [9.17, 15) is 0 Å². The van der Waals surface area contributed by atoms with Crippen molar-refractivity contribution in [3.05, 3.63) is 35.7 Å². The lowest BCUT2D eigenvalue weighted by Crippen LogP contribution is -2.53. The Labute approximate surface area is 166 Å². The lowest BCUT2D eigenvalue weighted by Gasteiger charge is -2.40. The van der Waals surface area contributed by atoms with Gasteiger partial charge in [0.15, 0.2) is 5.13 Å². The van der Waals surface area contributed by atoms with Crippen LogP contribution in [0.3, 0.4) is 0 Å². The predicted octanol–water partition coefficient (Wildman–Crippen LogP) is 3.04. The zero-order valence-electron chi connectivity index (χ0n) is 16.4. The summed E-state index contributed by atoms with van der Waals surface area (Å²) in [5.41, 5.74) is 2.28. The molecule has 1 atom stereocenters. The predicted molar refractivity (Wildman–Crippen MR) is 113 cm³/mol. The summed E-state index contributed by atoms with van der Waals surface area (Å²) in [5, 5.41) is 3.32. The van der Waals surface area contributed by atoms with Crippen LogP contribution in [0.5, 0.6) is 0 Å². The number of hydrogen-bond acceptors (Lipinski definition) is 6. The van der Waals surface area contributed by atoms with E-state index in [1.54, 1.807) is 11.3 Å². The highest BCUT2D eigenvalue weighted by Gasteiger charge is 2.26. The molecule has 2 aliphatic rings. The Morgan fingerprint density at radius 2 is 1.89 bits per heavy atom. The fourth-order valence-corrected chi connectivity index (χ4v) is 4.77. The molecule has 0 bridgehead atoms. The van der Waals surface area contributed by atoms with Gasteiger partial charge < -0.3 is 9.64 Å².